The third-order valence-corrected chi connectivity index (χ3v) is 4.48. The van der Waals surface area contributed by atoms with E-state index in [1.165, 1.54) is 6.42 Å². The fourth-order valence-corrected chi connectivity index (χ4v) is 3.19. The molecule has 0 saturated heterocycles. The topological polar surface area (TPSA) is 66.4 Å². The van der Waals surface area contributed by atoms with Gasteiger partial charge in [-0.25, -0.2) is 4.79 Å². The van der Waals surface area contributed by atoms with Gasteiger partial charge in [-0.2, -0.15) is 0 Å². The quantitative estimate of drug-likeness (QED) is 0.808. The number of nitrogens with one attached hydrogen (secondary N) is 1. The number of aliphatic carboxylic acids is 1. The van der Waals surface area contributed by atoms with E-state index in [1.54, 1.807) is 0 Å². The van der Waals surface area contributed by atoms with Gasteiger partial charge in [0.1, 0.15) is 5.54 Å². The highest BCUT2D eigenvalue weighted by atomic mass is 16.4. The summed E-state index contributed by atoms with van der Waals surface area (Å²) in [4.78, 5) is 23.5. The maximum Gasteiger partial charge on any atom is 0.329 e. The van der Waals surface area contributed by atoms with Crippen LogP contribution in [0.2, 0.25) is 0 Å². The van der Waals surface area contributed by atoms with Crippen LogP contribution in [0.15, 0.2) is 0 Å². The summed E-state index contributed by atoms with van der Waals surface area (Å²) >= 11 is 0. The summed E-state index contributed by atoms with van der Waals surface area (Å²) in [5, 5.41) is 12.3. The van der Waals surface area contributed by atoms with Gasteiger partial charge in [-0.1, -0.05) is 26.2 Å². The number of carbonyl (C=O) groups is 2. The van der Waals surface area contributed by atoms with Gasteiger partial charge in [0.2, 0.25) is 5.91 Å². The van der Waals surface area contributed by atoms with E-state index in [1.807, 2.05) is 0 Å². The monoisotopic (exact) mass is 253 g/mol. The SMILES string of the molecule is CC1CCCC(NC(=O)CC2CCC2)(C(=O)O)C1. The first-order chi connectivity index (χ1) is 8.52. The van der Waals surface area contributed by atoms with Crippen LogP contribution in [0, 0.1) is 11.8 Å². The zero-order chi connectivity index (χ0) is 13.2. The molecule has 2 aliphatic carbocycles. The molecular formula is C14H23NO3. The van der Waals surface area contributed by atoms with Crippen molar-refractivity contribution in [1.29, 1.82) is 0 Å². The van der Waals surface area contributed by atoms with E-state index in [2.05, 4.69) is 12.2 Å². The van der Waals surface area contributed by atoms with Crippen molar-refractivity contribution in [1.82, 2.24) is 5.32 Å². The van der Waals surface area contributed by atoms with Gasteiger partial charge in [0.15, 0.2) is 0 Å². The second kappa shape index (κ2) is 5.29. The van der Waals surface area contributed by atoms with Crippen LogP contribution in [-0.4, -0.2) is 22.5 Å². The van der Waals surface area contributed by atoms with Crippen LogP contribution in [0.25, 0.3) is 0 Å². The lowest BCUT2D eigenvalue weighted by molar-refractivity contribution is -0.150. The minimum absolute atomic E-state index is 0.0730. The lowest BCUT2D eigenvalue weighted by Gasteiger charge is -2.37. The van der Waals surface area contributed by atoms with Gasteiger partial charge in [-0.3, -0.25) is 4.79 Å². The van der Waals surface area contributed by atoms with E-state index in [0.717, 1.165) is 25.7 Å². The highest BCUT2D eigenvalue weighted by Crippen LogP contribution is 2.34. The van der Waals surface area contributed by atoms with E-state index in [9.17, 15) is 14.7 Å². The molecule has 2 aliphatic rings. The molecule has 2 unspecified atom stereocenters. The second-order valence-corrected chi connectivity index (χ2v) is 6.14. The van der Waals surface area contributed by atoms with Crippen LogP contribution in [0.3, 0.4) is 0 Å². The van der Waals surface area contributed by atoms with E-state index in [0.29, 0.717) is 31.1 Å². The van der Waals surface area contributed by atoms with Crippen molar-refractivity contribution in [3.8, 4) is 0 Å². The third-order valence-electron chi connectivity index (χ3n) is 4.48. The zero-order valence-corrected chi connectivity index (χ0v) is 11.1. The number of carbonyl (C=O) groups excluding carboxylic acids is 1. The first-order valence-corrected chi connectivity index (χ1v) is 7.06. The second-order valence-electron chi connectivity index (χ2n) is 6.14. The van der Waals surface area contributed by atoms with Crippen molar-refractivity contribution >= 4 is 11.9 Å². The standard InChI is InChI=1S/C14H23NO3/c1-10-4-3-7-14(9-10,13(17)18)15-12(16)8-11-5-2-6-11/h10-11H,2-9H2,1H3,(H,15,16)(H,17,18). The van der Waals surface area contributed by atoms with Gasteiger partial charge in [-0.05, 0) is 37.5 Å². The number of rotatable bonds is 4. The van der Waals surface area contributed by atoms with Gasteiger partial charge < -0.3 is 10.4 Å². The lowest BCUT2D eigenvalue weighted by atomic mass is 9.76. The van der Waals surface area contributed by atoms with Crippen molar-refractivity contribution < 1.29 is 14.7 Å². The third kappa shape index (κ3) is 2.85. The Morgan fingerprint density at radius 3 is 2.50 bits per heavy atom. The molecule has 0 bridgehead atoms. The molecule has 4 nitrogen and oxygen atoms in total. The van der Waals surface area contributed by atoms with Crippen molar-refractivity contribution in [2.75, 3.05) is 0 Å². The molecule has 0 aliphatic heterocycles. The predicted molar refractivity (Wildman–Crippen MR) is 68.1 cm³/mol. The number of carboxylic acids is 1. The first-order valence-electron chi connectivity index (χ1n) is 7.06. The van der Waals surface area contributed by atoms with Crippen molar-refractivity contribution in [2.45, 2.75) is 63.8 Å². The Balaban J connectivity index is 1.96. The minimum Gasteiger partial charge on any atom is -0.480 e. The van der Waals surface area contributed by atoms with E-state index < -0.39 is 11.5 Å². The number of amides is 1. The molecule has 18 heavy (non-hydrogen) atoms. The highest BCUT2D eigenvalue weighted by Gasteiger charge is 2.43. The minimum atomic E-state index is -1.00. The first kappa shape index (κ1) is 13.4. The van der Waals surface area contributed by atoms with Crippen LogP contribution in [0.5, 0.6) is 0 Å². The smallest absolute Gasteiger partial charge is 0.329 e. The molecular weight excluding hydrogens is 230 g/mol. The molecule has 2 N–H and O–H groups in total. The summed E-state index contributed by atoms with van der Waals surface area (Å²) in [7, 11) is 0. The molecule has 0 aromatic carbocycles. The Bertz CT molecular complexity index is 338. The molecule has 0 aromatic heterocycles. The molecule has 1 amide bonds. The van der Waals surface area contributed by atoms with Gasteiger partial charge in [0.05, 0.1) is 0 Å². The Kier molecular flexibility index (Phi) is 3.93. The maximum atomic E-state index is 12.0. The molecule has 102 valence electrons. The van der Waals surface area contributed by atoms with Crippen LogP contribution in [0.1, 0.15) is 58.3 Å². The van der Waals surface area contributed by atoms with Gasteiger partial charge in [0, 0.05) is 6.42 Å². The average molecular weight is 253 g/mol. The molecule has 0 heterocycles. The molecule has 2 rings (SSSR count). The molecule has 0 aromatic rings. The van der Waals surface area contributed by atoms with Crippen LogP contribution >= 0.6 is 0 Å². The molecule has 4 heteroatoms. The van der Waals surface area contributed by atoms with Gasteiger partial charge in [0.25, 0.3) is 0 Å². The summed E-state index contributed by atoms with van der Waals surface area (Å²) in [5.41, 5.74) is -1.00. The van der Waals surface area contributed by atoms with Gasteiger partial charge >= 0.3 is 5.97 Å². The summed E-state index contributed by atoms with van der Waals surface area (Å²) < 4.78 is 0. The number of carboxylic acid groups (broad SMARTS) is 1. The number of hydrogen-bond donors (Lipinski definition) is 2. The maximum absolute atomic E-state index is 12.0. The van der Waals surface area contributed by atoms with E-state index >= 15 is 0 Å². The molecule has 2 atom stereocenters. The van der Waals surface area contributed by atoms with Crippen molar-refractivity contribution in [2.24, 2.45) is 11.8 Å². The molecule has 2 fully saturated rings. The molecule has 0 spiro atoms. The van der Waals surface area contributed by atoms with Crippen molar-refractivity contribution in [3.63, 3.8) is 0 Å². The van der Waals surface area contributed by atoms with E-state index in [4.69, 9.17) is 0 Å². The Labute approximate surface area is 108 Å². The highest BCUT2D eigenvalue weighted by molar-refractivity contribution is 5.87. The Morgan fingerprint density at radius 1 is 1.28 bits per heavy atom. The summed E-state index contributed by atoms with van der Waals surface area (Å²) in [6.07, 6.45) is 7.03. The van der Waals surface area contributed by atoms with Crippen molar-refractivity contribution in [3.05, 3.63) is 0 Å². The zero-order valence-electron chi connectivity index (χ0n) is 11.1. The lowest BCUT2D eigenvalue weighted by Crippen LogP contribution is -2.57. The van der Waals surface area contributed by atoms with Gasteiger partial charge in [-0.15, -0.1) is 0 Å². The summed E-state index contributed by atoms with van der Waals surface area (Å²) in [5.74, 6) is -0.0806. The fraction of sp³-hybridized carbons (Fsp3) is 0.857. The van der Waals surface area contributed by atoms with Crippen LogP contribution in [-0.2, 0) is 9.59 Å². The summed E-state index contributed by atoms with van der Waals surface area (Å²) in [6.45, 7) is 2.06. The fourth-order valence-electron chi connectivity index (χ4n) is 3.19. The average Bonchev–Trinajstić information content (AvgIpc) is 2.23. The largest absolute Gasteiger partial charge is 0.480 e. The Hall–Kier alpha value is -1.06. The van der Waals surface area contributed by atoms with Crippen LogP contribution < -0.4 is 5.32 Å². The summed E-state index contributed by atoms with van der Waals surface area (Å²) in [6, 6.07) is 0. The number of hydrogen-bond acceptors (Lipinski definition) is 2. The predicted octanol–water partition coefficient (Wildman–Crippen LogP) is 2.33. The van der Waals surface area contributed by atoms with E-state index in [-0.39, 0.29) is 5.91 Å². The Morgan fingerprint density at radius 2 is 2.00 bits per heavy atom. The molecule has 2 saturated carbocycles. The van der Waals surface area contributed by atoms with Crippen LogP contribution in [0.4, 0.5) is 0 Å². The normalized spacial score (nSPS) is 32.6. The molecule has 0 radical (unpaired) electrons.